The normalized spacial score (nSPS) is 11.9. The van der Waals surface area contributed by atoms with Crippen LogP contribution < -0.4 is 15.8 Å². The summed E-state index contributed by atoms with van der Waals surface area (Å²) in [5.74, 6) is -0.143. The second kappa shape index (κ2) is 10.5. The molecule has 1 heterocycles. The van der Waals surface area contributed by atoms with E-state index in [1.165, 1.54) is 42.7 Å². The molecule has 0 aliphatic rings. The van der Waals surface area contributed by atoms with Crippen LogP contribution in [0.2, 0.25) is 5.02 Å². The van der Waals surface area contributed by atoms with Gasteiger partial charge < -0.3 is 15.8 Å². The minimum Gasteiger partial charge on any atom is -0.483 e. The summed E-state index contributed by atoms with van der Waals surface area (Å²) in [6.07, 6.45) is 6.17. The highest BCUT2D eigenvalue weighted by atomic mass is 35.5. The van der Waals surface area contributed by atoms with Gasteiger partial charge in [0, 0.05) is 10.7 Å². The fraction of sp³-hybridized carbons (Fsp3) is 0.0833. The van der Waals surface area contributed by atoms with Crippen LogP contribution in [0.1, 0.15) is 12.5 Å². The van der Waals surface area contributed by atoms with Gasteiger partial charge in [-0.05, 0) is 60.7 Å². The molecule has 8 heteroatoms. The van der Waals surface area contributed by atoms with E-state index in [0.717, 1.165) is 11.1 Å². The first-order valence-corrected chi connectivity index (χ1v) is 9.97. The molecule has 3 aromatic rings. The second-order valence-electron chi connectivity index (χ2n) is 6.74. The van der Waals surface area contributed by atoms with Crippen LogP contribution in [0.5, 0.6) is 5.75 Å². The molecule has 3 N–H and O–H groups in total. The van der Waals surface area contributed by atoms with E-state index in [9.17, 15) is 8.78 Å². The van der Waals surface area contributed by atoms with Crippen molar-refractivity contribution in [1.29, 1.82) is 0 Å². The number of allylic oxidation sites excluding steroid dienone is 3. The van der Waals surface area contributed by atoms with E-state index < -0.39 is 5.82 Å². The molecular formula is C24H21ClF2N4O. The third-order valence-electron chi connectivity index (χ3n) is 4.44. The molecule has 3 rings (SSSR count). The largest absolute Gasteiger partial charge is 0.483 e. The van der Waals surface area contributed by atoms with Crippen molar-refractivity contribution in [3.05, 3.63) is 107 Å². The molecular weight excluding hydrogens is 434 g/mol. The number of hydrogen-bond donors (Lipinski definition) is 2. The van der Waals surface area contributed by atoms with Crippen LogP contribution >= 0.6 is 11.6 Å². The van der Waals surface area contributed by atoms with Gasteiger partial charge in [-0.2, -0.15) is 0 Å². The monoisotopic (exact) mass is 454 g/mol. The highest BCUT2D eigenvalue weighted by Crippen LogP contribution is 2.30. The Balaban J connectivity index is 2.00. The predicted molar refractivity (Wildman–Crippen MR) is 123 cm³/mol. The van der Waals surface area contributed by atoms with E-state index >= 15 is 0 Å². The first kappa shape index (κ1) is 23.0. The van der Waals surface area contributed by atoms with Gasteiger partial charge >= 0.3 is 0 Å². The summed E-state index contributed by atoms with van der Waals surface area (Å²) in [4.78, 5) is 8.70. The molecule has 0 saturated heterocycles. The maximum Gasteiger partial charge on any atom is 0.180 e. The summed E-state index contributed by atoms with van der Waals surface area (Å²) >= 11 is 6.02. The predicted octanol–water partition coefficient (Wildman–Crippen LogP) is 6.00. The third-order valence-corrected chi connectivity index (χ3v) is 4.68. The first-order valence-electron chi connectivity index (χ1n) is 9.59. The van der Waals surface area contributed by atoms with Crippen molar-refractivity contribution in [1.82, 2.24) is 9.97 Å². The van der Waals surface area contributed by atoms with Crippen LogP contribution in [0.25, 0.3) is 11.4 Å². The lowest BCUT2D eigenvalue weighted by Gasteiger charge is -2.16. The molecule has 164 valence electrons. The molecule has 0 bridgehead atoms. The fourth-order valence-electron chi connectivity index (χ4n) is 2.71. The Morgan fingerprint density at radius 1 is 1.22 bits per heavy atom. The molecule has 2 aromatic carbocycles. The molecule has 0 radical (unpaired) electrons. The summed E-state index contributed by atoms with van der Waals surface area (Å²) < 4.78 is 33.4. The Bertz CT molecular complexity index is 1180. The lowest BCUT2D eigenvalue weighted by molar-refractivity contribution is 0.305. The average Bonchev–Trinajstić information content (AvgIpc) is 2.80. The minimum absolute atomic E-state index is 0.119. The Hall–Kier alpha value is -3.71. The number of benzene rings is 2. The van der Waals surface area contributed by atoms with Crippen molar-refractivity contribution in [2.24, 2.45) is 5.73 Å². The Morgan fingerprint density at radius 3 is 2.66 bits per heavy atom. The van der Waals surface area contributed by atoms with Crippen molar-refractivity contribution < 1.29 is 13.5 Å². The Kier molecular flexibility index (Phi) is 7.57. The zero-order chi connectivity index (χ0) is 23.1. The standard InChI is InChI=1S/C24H21ClF2N4O/c1-3-4-21(15(2)12-28)30-24-22(32-14-16-5-8-18(26)9-6-16)13-29-23(31-24)19-11-17(25)7-10-20(19)27/h3-13H,1,14,28H2,2H3,(H,29,30,31)/b15-12-,21-4+. The van der Waals surface area contributed by atoms with Gasteiger partial charge in [0.25, 0.3) is 0 Å². The van der Waals surface area contributed by atoms with Crippen molar-refractivity contribution in [3.8, 4) is 17.1 Å². The lowest BCUT2D eigenvalue weighted by Crippen LogP contribution is -2.08. The SMILES string of the molecule is C=C/C=C(Nc1nc(-c2cc(Cl)ccc2F)ncc1OCc1ccc(F)cc1)\C(C)=C/N. The Morgan fingerprint density at radius 2 is 1.97 bits per heavy atom. The van der Waals surface area contributed by atoms with Gasteiger partial charge in [0.15, 0.2) is 17.4 Å². The van der Waals surface area contributed by atoms with Gasteiger partial charge in [-0.1, -0.05) is 36.4 Å². The van der Waals surface area contributed by atoms with Crippen molar-refractivity contribution >= 4 is 17.4 Å². The van der Waals surface area contributed by atoms with Crippen LogP contribution in [0, 0.1) is 11.6 Å². The summed E-state index contributed by atoms with van der Waals surface area (Å²) in [6, 6.07) is 10.1. The summed E-state index contributed by atoms with van der Waals surface area (Å²) in [6.45, 7) is 5.66. The highest BCUT2D eigenvalue weighted by molar-refractivity contribution is 6.30. The van der Waals surface area contributed by atoms with Crippen LogP contribution in [-0.2, 0) is 6.61 Å². The second-order valence-corrected chi connectivity index (χ2v) is 7.17. The van der Waals surface area contributed by atoms with E-state index in [4.69, 9.17) is 22.1 Å². The van der Waals surface area contributed by atoms with Crippen LogP contribution in [0.4, 0.5) is 14.6 Å². The number of hydrogen-bond acceptors (Lipinski definition) is 5. The maximum absolute atomic E-state index is 14.4. The van der Waals surface area contributed by atoms with E-state index in [0.29, 0.717) is 16.5 Å². The van der Waals surface area contributed by atoms with E-state index in [1.54, 1.807) is 31.2 Å². The van der Waals surface area contributed by atoms with Crippen LogP contribution in [0.3, 0.4) is 0 Å². The highest BCUT2D eigenvalue weighted by Gasteiger charge is 2.15. The van der Waals surface area contributed by atoms with Crippen molar-refractivity contribution in [2.45, 2.75) is 13.5 Å². The third kappa shape index (κ3) is 5.70. The number of aromatic nitrogens is 2. The molecule has 0 amide bonds. The van der Waals surface area contributed by atoms with Crippen molar-refractivity contribution in [3.63, 3.8) is 0 Å². The summed E-state index contributed by atoms with van der Waals surface area (Å²) in [5.41, 5.74) is 7.90. The van der Waals surface area contributed by atoms with Crippen LogP contribution in [-0.4, -0.2) is 9.97 Å². The molecule has 1 aromatic heterocycles. The van der Waals surface area contributed by atoms with Crippen molar-refractivity contribution in [2.75, 3.05) is 5.32 Å². The molecule has 0 saturated carbocycles. The number of nitrogens with one attached hydrogen (secondary N) is 1. The van der Waals surface area contributed by atoms with E-state index in [2.05, 4.69) is 21.9 Å². The van der Waals surface area contributed by atoms with Gasteiger partial charge in [-0.3, -0.25) is 0 Å². The van der Waals surface area contributed by atoms with Gasteiger partial charge in [-0.25, -0.2) is 18.7 Å². The number of anilines is 1. The molecule has 0 unspecified atom stereocenters. The number of rotatable bonds is 8. The lowest BCUT2D eigenvalue weighted by atomic mass is 10.2. The molecule has 0 atom stereocenters. The van der Waals surface area contributed by atoms with Gasteiger partial charge in [-0.15, -0.1) is 0 Å². The smallest absolute Gasteiger partial charge is 0.180 e. The quantitative estimate of drug-likeness (QED) is 0.408. The van der Waals surface area contributed by atoms with Crippen LogP contribution in [0.15, 0.2) is 84.9 Å². The van der Waals surface area contributed by atoms with E-state index in [-0.39, 0.29) is 29.6 Å². The summed E-state index contributed by atoms with van der Waals surface area (Å²) in [7, 11) is 0. The number of nitrogens with zero attached hydrogens (tertiary/aromatic N) is 2. The van der Waals surface area contributed by atoms with E-state index in [1.807, 2.05) is 0 Å². The average molecular weight is 455 g/mol. The molecule has 0 fully saturated rings. The molecule has 0 spiro atoms. The number of nitrogens with two attached hydrogens (primary N) is 1. The molecule has 32 heavy (non-hydrogen) atoms. The molecule has 0 aliphatic heterocycles. The number of ether oxygens (including phenoxy) is 1. The number of halogens is 3. The summed E-state index contributed by atoms with van der Waals surface area (Å²) in [5, 5.41) is 3.49. The Labute approximate surface area is 189 Å². The molecule has 5 nitrogen and oxygen atoms in total. The van der Waals surface area contributed by atoms with Gasteiger partial charge in [0.1, 0.15) is 18.2 Å². The topological polar surface area (TPSA) is 73.1 Å². The van der Waals surface area contributed by atoms with Gasteiger partial charge in [0.2, 0.25) is 0 Å². The maximum atomic E-state index is 14.4. The van der Waals surface area contributed by atoms with Gasteiger partial charge in [0.05, 0.1) is 11.8 Å². The zero-order valence-corrected chi connectivity index (χ0v) is 18.0. The minimum atomic E-state index is -0.514. The first-order chi connectivity index (χ1) is 15.4. The fourth-order valence-corrected chi connectivity index (χ4v) is 2.89. The zero-order valence-electron chi connectivity index (χ0n) is 17.3. The molecule has 0 aliphatic carbocycles.